The van der Waals surface area contributed by atoms with Crippen LogP contribution < -0.4 is 10.5 Å². The molecule has 2 N–H and O–H groups in total. The van der Waals surface area contributed by atoms with Crippen LogP contribution in [0.4, 0.5) is 0 Å². The number of ether oxygens (including phenoxy) is 1. The van der Waals surface area contributed by atoms with E-state index in [-0.39, 0.29) is 0 Å². The number of thiocarbonyl (C=S) groups is 1. The Hall–Kier alpha value is -0.810. The van der Waals surface area contributed by atoms with Gasteiger partial charge in [0.1, 0.15) is 16.5 Å². The molecule has 6 heteroatoms. The Morgan fingerprint density at radius 1 is 1.11 bits per heavy atom. The zero-order valence-electron chi connectivity index (χ0n) is 9.49. The van der Waals surface area contributed by atoms with Gasteiger partial charge in [0.15, 0.2) is 0 Å². The first kappa shape index (κ1) is 14.6. The summed E-state index contributed by atoms with van der Waals surface area (Å²) in [7, 11) is 0. The quantitative estimate of drug-likeness (QED) is 0.591. The van der Waals surface area contributed by atoms with Crippen molar-refractivity contribution in [1.82, 2.24) is 0 Å². The van der Waals surface area contributed by atoms with Crippen LogP contribution in [0.15, 0.2) is 40.9 Å². The molecule has 0 amide bonds. The van der Waals surface area contributed by atoms with Crippen LogP contribution in [0, 0.1) is 0 Å². The van der Waals surface area contributed by atoms with Crippen LogP contribution in [0.25, 0.3) is 0 Å². The molecule has 0 saturated carbocycles. The van der Waals surface area contributed by atoms with E-state index < -0.39 is 0 Å². The van der Waals surface area contributed by atoms with E-state index >= 15 is 0 Å². The molecule has 0 aliphatic heterocycles. The zero-order valence-corrected chi connectivity index (χ0v) is 13.4. The van der Waals surface area contributed by atoms with Crippen molar-refractivity contribution in [2.24, 2.45) is 5.73 Å². The third-order valence-electron chi connectivity index (χ3n) is 2.34. The van der Waals surface area contributed by atoms with Crippen molar-refractivity contribution >= 4 is 56.3 Å². The first-order chi connectivity index (χ1) is 8.97. The highest BCUT2D eigenvalue weighted by Crippen LogP contribution is 2.36. The van der Waals surface area contributed by atoms with Gasteiger partial charge in [-0.1, -0.05) is 35.4 Å². The van der Waals surface area contributed by atoms with Crippen LogP contribution in [0.5, 0.6) is 11.5 Å². The largest absolute Gasteiger partial charge is 0.456 e. The topological polar surface area (TPSA) is 35.2 Å². The fourth-order valence-corrected chi connectivity index (χ4v) is 2.36. The second kappa shape index (κ2) is 6.09. The van der Waals surface area contributed by atoms with Crippen molar-refractivity contribution in [2.75, 3.05) is 0 Å². The highest BCUT2D eigenvalue weighted by Gasteiger charge is 2.08. The Balaban J connectivity index is 2.26. The third-order valence-corrected chi connectivity index (χ3v) is 4.07. The fraction of sp³-hybridized carbons (Fsp3) is 0. The van der Waals surface area contributed by atoms with Gasteiger partial charge in [-0.2, -0.15) is 0 Å². The summed E-state index contributed by atoms with van der Waals surface area (Å²) in [6, 6.07) is 10.4. The van der Waals surface area contributed by atoms with Crippen LogP contribution in [0.2, 0.25) is 10.0 Å². The molecule has 19 heavy (non-hydrogen) atoms. The number of hydrogen-bond donors (Lipinski definition) is 1. The maximum atomic E-state index is 6.08. The van der Waals surface area contributed by atoms with Gasteiger partial charge < -0.3 is 10.5 Å². The molecule has 0 aliphatic carbocycles. The van der Waals surface area contributed by atoms with Crippen LogP contribution in [0.1, 0.15) is 5.56 Å². The standard InChI is InChI=1S/C13H8BrCl2NOS/c14-9-5-11(16)12(6-10(9)15)18-8-3-1-7(2-4-8)13(17)19/h1-6H,(H2,17,19). The SMILES string of the molecule is NC(=S)c1ccc(Oc2cc(Cl)c(Br)cc2Cl)cc1. The average molecular weight is 377 g/mol. The highest BCUT2D eigenvalue weighted by atomic mass is 79.9. The Morgan fingerprint density at radius 3 is 2.32 bits per heavy atom. The van der Waals surface area contributed by atoms with Gasteiger partial charge in [-0.15, -0.1) is 0 Å². The summed E-state index contributed by atoms with van der Waals surface area (Å²) in [4.78, 5) is 0.344. The van der Waals surface area contributed by atoms with Gasteiger partial charge in [-0.3, -0.25) is 0 Å². The molecule has 0 bridgehead atoms. The van der Waals surface area contributed by atoms with Gasteiger partial charge in [0.05, 0.1) is 10.0 Å². The Morgan fingerprint density at radius 2 is 1.74 bits per heavy atom. The molecular weight excluding hydrogens is 369 g/mol. The molecule has 2 rings (SSSR count). The van der Waals surface area contributed by atoms with E-state index in [9.17, 15) is 0 Å². The summed E-state index contributed by atoms with van der Waals surface area (Å²) in [6.07, 6.45) is 0. The summed E-state index contributed by atoms with van der Waals surface area (Å²) in [5.74, 6) is 1.11. The zero-order chi connectivity index (χ0) is 14.0. The molecule has 0 aliphatic rings. The van der Waals surface area contributed by atoms with Gasteiger partial charge in [-0.05, 0) is 46.3 Å². The van der Waals surface area contributed by atoms with Crippen LogP contribution in [-0.4, -0.2) is 4.99 Å². The van der Waals surface area contributed by atoms with Crippen LogP contribution in [0.3, 0.4) is 0 Å². The molecule has 0 fully saturated rings. The lowest BCUT2D eigenvalue weighted by Crippen LogP contribution is -2.08. The normalized spacial score (nSPS) is 10.3. The molecule has 0 heterocycles. The maximum absolute atomic E-state index is 6.08. The Bertz CT molecular complexity index is 631. The first-order valence-corrected chi connectivity index (χ1v) is 7.15. The molecule has 0 spiro atoms. The number of hydrogen-bond acceptors (Lipinski definition) is 2. The number of nitrogens with two attached hydrogens (primary N) is 1. The van der Waals surface area contributed by atoms with E-state index in [1.807, 2.05) is 0 Å². The molecule has 0 aromatic heterocycles. The molecule has 0 radical (unpaired) electrons. The Labute approximate surface area is 134 Å². The number of benzene rings is 2. The predicted octanol–water partition coefficient (Wildman–Crippen LogP) is 5.18. The fourth-order valence-electron chi connectivity index (χ4n) is 1.40. The van der Waals surface area contributed by atoms with E-state index in [4.69, 9.17) is 45.9 Å². The molecule has 0 unspecified atom stereocenters. The molecule has 2 nitrogen and oxygen atoms in total. The summed E-state index contributed by atoms with van der Waals surface area (Å²) in [5.41, 5.74) is 6.30. The molecule has 98 valence electrons. The lowest BCUT2D eigenvalue weighted by Gasteiger charge is -2.09. The smallest absolute Gasteiger partial charge is 0.147 e. The predicted molar refractivity (Wildman–Crippen MR) is 86.6 cm³/mol. The minimum Gasteiger partial charge on any atom is -0.456 e. The van der Waals surface area contributed by atoms with Crippen molar-refractivity contribution in [3.8, 4) is 11.5 Å². The molecule has 0 atom stereocenters. The van der Waals surface area contributed by atoms with Gasteiger partial charge in [0.2, 0.25) is 0 Å². The lowest BCUT2D eigenvalue weighted by molar-refractivity contribution is 0.483. The van der Waals surface area contributed by atoms with E-state index in [2.05, 4.69) is 15.9 Å². The summed E-state index contributed by atoms with van der Waals surface area (Å²) in [6.45, 7) is 0. The van der Waals surface area contributed by atoms with Crippen molar-refractivity contribution < 1.29 is 4.74 Å². The summed E-state index contributed by atoms with van der Waals surface area (Å²) >= 11 is 20.2. The van der Waals surface area contributed by atoms with Gasteiger partial charge in [0, 0.05) is 16.1 Å². The van der Waals surface area contributed by atoms with Crippen molar-refractivity contribution in [2.45, 2.75) is 0 Å². The van der Waals surface area contributed by atoms with Crippen LogP contribution in [-0.2, 0) is 0 Å². The second-order valence-corrected chi connectivity index (χ2v) is 5.80. The number of halogens is 3. The van der Waals surface area contributed by atoms with Gasteiger partial charge in [0.25, 0.3) is 0 Å². The van der Waals surface area contributed by atoms with Gasteiger partial charge >= 0.3 is 0 Å². The summed E-state index contributed by atoms with van der Waals surface area (Å²) in [5, 5.41) is 0.994. The minimum absolute atomic E-state index is 0.344. The van der Waals surface area contributed by atoms with Crippen LogP contribution >= 0.6 is 51.3 Å². The lowest BCUT2D eigenvalue weighted by atomic mass is 10.2. The summed E-state index contributed by atoms with van der Waals surface area (Å²) < 4.78 is 6.38. The van der Waals surface area contributed by atoms with Gasteiger partial charge in [-0.25, -0.2) is 0 Å². The van der Waals surface area contributed by atoms with E-state index in [1.165, 1.54) is 0 Å². The molecule has 0 saturated heterocycles. The molecular formula is C13H8BrCl2NOS. The highest BCUT2D eigenvalue weighted by molar-refractivity contribution is 9.10. The van der Waals surface area contributed by atoms with Crippen molar-refractivity contribution in [3.05, 3.63) is 56.5 Å². The van der Waals surface area contributed by atoms with Crippen molar-refractivity contribution in [1.29, 1.82) is 0 Å². The van der Waals surface area contributed by atoms with E-state index in [1.54, 1.807) is 36.4 Å². The van der Waals surface area contributed by atoms with E-state index in [0.29, 0.717) is 26.5 Å². The second-order valence-electron chi connectivity index (χ2n) is 3.69. The number of rotatable bonds is 3. The third kappa shape index (κ3) is 3.60. The first-order valence-electron chi connectivity index (χ1n) is 5.19. The monoisotopic (exact) mass is 375 g/mol. The Kier molecular flexibility index (Phi) is 4.68. The minimum atomic E-state index is 0.344. The molecule has 2 aromatic rings. The van der Waals surface area contributed by atoms with Crippen molar-refractivity contribution in [3.63, 3.8) is 0 Å². The molecule has 2 aromatic carbocycles. The average Bonchev–Trinajstić information content (AvgIpc) is 2.36. The maximum Gasteiger partial charge on any atom is 0.147 e. The van der Waals surface area contributed by atoms with E-state index in [0.717, 1.165) is 10.0 Å².